The van der Waals surface area contributed by atoms with Crippen LogP contribution in [-0.2, 0) is 11.2 Å². The highest BCUT2D eigenvalue weighted by atomic mass is 19.1. The summed E-state index contributed by atoms with van der Waals surface area (Å²) in [5.41, 5.74) is 2.14. The first-order chi connectivity index (χ1) is 12.6. The Kier molecular flexibility index (Phi) is 5.76. The van der Waals surface area contributed by atoms with Crippen molar-refractivity contribution in [2.75, 3.05) is 38.2 Å². The van der Waals surface area contributed by atoms with E-state index in [1.807, 2.05) is 36.1 Å². The molecule has 1 heterocycles. The van der Waals surface area contributed by atoms with Gasteiger partial charge in [0.1, 0.15) is 11.6 Å². The Hall–Kier alpha value is -2.56. The quantitative estimate of drug-likeness (QED) is 0.824. The molecule has 0 spiro atoms. The molecule has 0 bridgehead atoms. The Labute approximate surface area is 154 Å². The molecule has 1 fully saturated rings. The molecule has 3 rings (SSSR count). The maximum atomic E-state index is 13.0. The van der Waals surface area contributed by atoms with Crippen molar-refractivity contribution in [3.05, 3.63) is 59.9 Å². The van der Waals surface area contributed by atoms with Crippen LogP contribution in [0.2, 0.25) is 0 Å². The van der Waals surface area contributed by atoms with Crippen molar-refractivity contribution in [2.45, 2.75) is 13.3 Å². The molecule has 1 saturated heterocycles. The van der Waals surface area contributed by atoms with Crippen LogP contribution in [0.5, 0.6) is 5.75 Å². The fourth-order valence-corrected chi connectivity index (χ4v) is 3.35. The Bertz CT molecular complexity index is 723. The van der Waals surface area contributed by atoms with Crippen molar-refractivity contribution < 1.29 is 13.9 Å². The van der Waals surface area contributed by atoms with Crippen LogP contribution in [0.15, 0.2) is 48.5 Å². The topological polar surface area (TPSA) is 32.8 Å². The lowest BCUT2D eigenvalue weighted by atomic mass is 9.99. The lowest BCUT2D eigenvalue weighted by Crippen LogP contribution is -2.50. The van der Waals surface area contributed by atoms with Gasteiger partial charge in [-0.1, -0.05) is 19.1 Å². The summed E-state index contributed by atoms with van der Waals surface area (Å²) in [5, 5.41) is 0. The molecule has 138 valence electrons. The number of anilines is 1. The molecule has 1 aliphatic heterocycles. The summed E-state index contributed by atoms with van der Waals surface area (Å²) in [7, 11) is 1.66. The minimum atomic E-state index is -0.248. The van der Waals surface area contributed by atoms with Crippen molar-refractivity contribution in [3.63, 3.8) is 0 Å². The number of hydrogen-bond donors (Lipinski definition) is 0. The lowest BCUT2D eigenvalue weighted by Gasteiger charge is -2.37. The van der Waals surface area contributed by atoms with Gasteiger partial charge >= 0.3 is 0 Å². The van der Waals surface area contributed by atoms with Crippen molar-refractivity contribution in [1.82, 2.24) is 4.90 Å². The third-order valence-corrected chi connectivity index (χ3v) is 4.91. The highest BCUT2D eigenvalue weighted by Crippen LogP contribution is 2.21. The largest absolute Gasteiger partial charge is 0.497 e. The molecular weight excluding hydrogens is 331 g/mol. The van der Waals surface area contributed by atoms with E-state index >= 15 is 0 Å². The molecule has 1 aliphatic rings. The average molecular weight is 356 g/mol. The third kappa shape index (κ3) is 4.34. The summed E-state index contributed by atoms with van der Waals surface area (Å²) in [6.45, 7) is 5.03. The molecule has 2 aromatic rings. The van der Waals surface area contributed by atoms with Gasteiger partial charge in [-0.3, -0.25) is 4.79 Å². The van der Waals surface area contributed by atoms with Crippen molar-refractivity contribution in [2.24, 2.45) is 5.92 Å². The summed E-state index contributed by atoms with van der Waals surface area (Å²) in [4.78, 5) is 16.9. The van der Waals surface area contributed by atoms with E-state index < -0.39 is 0 Å². The van der Waals surface area contributed by atoms with Gasteiger partial charge < -0.3 is 14.5 Å². The number of benzene rings is 2. The van der Waals surface area contributed by atoms with Crippen LogP contribution < -0.4 is 9.64 Å². The fourth-order valence-electron chi connectivity index (χ4n) is 3.35. The predicted molar refractivity (Wildman–Crippen MR) is 101 cm³/mol. The molecule has 1 atom stereocenters. The molecule has 1 amide bonds. The van der Waals surface area contributed by atoms with Gasteiger partial charge in [0, 0.05) is 37.8 Å². The predicted octanol–water partition coefficient (Wildman–Crippen LogP) is 3.36. The second kappa shape index (κ2) is 8.21. The fraction of sp³-hybridized carbons (Fsp3) is 0.381. The molecule has 0 aliphatic carbocycles. The SMILES string of the molecule is COc1ccc(N2CCN(C(=O)C(C)Cc3ccc(F)cc3)CC2)cc1. The number of hydrogen-bond acceptors (Lipinski definition) is 3. The van der Waals surface area contributed by atoms with Crippen LogP contribution in [0.3, 0.4) is 0 Å². The molecule has 0 aromatic heterocycles. The average Bonchev–Trinajstić information content (AvgIpc) is 2.69. The summed E-state index contributed by atoms with van der Waals surface area (Å²) < 4.78 is 18.2. The maximum Gasteiger partial charge on any atom is 0.225 e. The first kappa shape index (κ1) is 18.2. The number of ether oxygens (including phenoxy) is 1. The molecule has 1 unspecified atom stereocenters. The Morgan fingerprint density at radius 1 is 1.04 bits per heavy atom. The normalized spacial score (nSPS) is 15.7. The number of nitrogens with zero attached hydrogens (tertiary/aromatic N) is 2. The van der Waals surface area contributed by atoms with Gasteiger partial charge in [-0.2, -0.15) is 0 Å². The first-order valence-corrected chi connectivity index (χ1v) is 8.99. The molecule has 0 saturated carbocycles. The monoisotopic (exact) mass is 356 g/mol. The van der Waals surface area contributed by atoms with Gasteiger partial charge in [-0.25, -0.2) is 4.39 Å². The molecule has 4 nitrogen and oxygen atoms in total. The van der Waals surface area contributed by atoms with Crippen molar-refractivity contribution >= 4 is 11.6 Å². The molecule has 5 heteroatoms. The minimum absolute atomic E-state index is 0.104. The molecular formula is C21H25FN2O2. The van der Waals surface area contributed by atoms with Gasteiger partial charge in [0.05, 0.1) is 7.11 Å². The summed E-state index contributed by atoms with van der Waals surface area (Å²) >= 11 is 0. The number of amides is 1. The lowest BCUT2D eigenvalue weighted by molar-refractivity contribution is -0.135. The van der Waals surface area contributed by atoms with E-state index in [0.29, 0.717) is 6.42 Å². The smallest absolute Gasteiger partial charge is 0.225 e. The Morgan fingerprint density at radius 2 is 1.65 bits per heavy atom. The number of carbonyl (C=O) groups is 1. The first-order valence-electron chi connectivity index (χ1n) is 8.99. The van der Waals surface area contributed by atoms with E-state index in [4.69, 9.17) is 4.74 Å². The second-order valence-corrected chi connectivity index (χ2v) is 6.74. The van der Waals surface area contributed by atoms with E-state index in [1.54, 1.807) is 19.2 Å². The van der Waals surface area contributed by atoms with Gasteiger partial charge in [-0.15, -0.1) is 0 Å². The van der Waals surface area contributed by atoms with E-state index in [9.17, 15) is 9.18 Å². The second-order valence-electron chi connectivity index (χ2n) is 6.74. The zero-order chi connectivity index (χ0) is 18.5. The van der Waals surface area contributed by atoms with E-state index in [1.165, 1.54) is 12.1 Å². The van der Waals surface area contributed by atoms with E-state index in [-0.39, 0.29) is 17.6 Å². The third-order valence-electron chi connectivity index (χ3n) is 4.91. The number of methoxy groups -OCH3 is 1. The van der Waals surface area contributed by atoms with Crippen molar-refractivity contribution in [1.29, 1.82) is 0 Å². The van der Waals surface area contributed by atoms with Crippen molar-refractivity contribution in [3.8, 4) is 5.75 Å². The molecule has 0 radical (unpaired) electrons. The van der Waals surface area contributed by atoms with Crippen LogP contribution in [-0.4, -0.2) is 44.1 Å². The highest BCUT2D eigenvalue weighted by molar-refractivity contribution is 5.79. The zero-order valence-electron chi connectivity index (χ0n) is 15.3. The summed E-state index contributed by atoms with van der Waals surface area (Å²) in [6.07, 6.45) is 0.637. The van der Waals surface area contributed by atoms with Gasteiger partial charge in [-0.05, 0) is 48.4 Å². The Morgan fingerprint density at radius 3 is 2.23 bits per heavy atom. The highest BCUT2D eigenvalue weighted by Gasteiger charge is 2.25. The number of rotatable bonds is 5. The van der Waals surface area contributed by atoms with Gasteiger partial charge in [0.2, 0.25) is 5.91 Å². The van der Waals surface area contributed by atoms with Crippen LogP contribution in [0, 0.1) is 11.7 Å². The van der Waals surface area contributed by atoms with E-state index in [0.717, 1.165) is 43.2 Å². The minimum Gasteiger partial charge on any atom is -0.497 e. The van der Waals surface area contributed by atoms with Crippen LogP contribution in [0.4, 0.5) is 10.1 Å². The number of carbonyl (C=O) groups excluding carboxylic acids is 1. The van der Waals surface area contributed by atoms with Crippen LogP contribution >= 0.6 is 0 Å². The van der Waals surface area contributed by atoms with Gasteiger partial charge in [0.25, 0.3) is 0 Å². The zero-order valence-corrected chi connectivity index (χ0v) is 15.3. The summed E-state index contributed by atoms with van der Waals surface area (Å²) in [6, 6.07) is 14.4. The maximum absolute atomic E-state index is 13.0. The standard InChI is InChI=1S/C21H25FN2O2/c1-16(15-17-3-5-18(22)6-4-17)21(25)24-13-11-23(12-14-24)19-7-9-20(26-2)10-8-19/h3-10,16H,11-15H2,1-2H3. The molecule has 26 heavy (non-hydrogen) atoms. The van der Waals surface area contributed by atoms with E-state index in [2.05, 4.69) is 4.90 Å². The Balaban J connectivity index is 1.53. The van der Waals surface area contributed by atoms with Gasteiger partial charge in [0.15, 0.2) is 0 Å². The number of piperazine rings is 1. The van der Waals surface area contributed by atoms with Crippen LogP contribution in [0.1, 0.15) is 12.5 Å². The summed E-state index contributed by atoms with van der Waals surface area (Å²) in [5.74, 6) is 0.663. The van der Waals surface area contributed by atoms with Crippen LogP contribution in [0.25, 0.3) is 0 Å². The number of halogens is 1. The molecule has 0 N–H and O–H groups in total. The molecule has 2 aromatic carbocycles.